The molecular formula is C15H28N2O3. The fraction of sp³-hybridized carbons (Fsp3) is 0.867. The van der Waals surface area contributed by atoms with Crippen LogP contribution >= 0.6 is 0 Å². The zero-order chi connectivity index (χ0) is 15.3. The number of rotatable bonds is 7. The first-order chi connectivity index (χ1) is 9.29. The molecule has 116 valence electrons. The van der Waals surface area contributed by atoms with Crippen molar-refractivity contribution in [2.75, 3.05) is 19.6 Å². The summed E-state index contributed by atoms with van der Waals surface area (Å²) < 4.78 is 0. The normalized spacial score (nSPS) is 20.9. The Morgan fingerprint density at radius 2 is 2.00 bits per heavy atom. The maximum atomic E-state index is 12.0. The van der Waals surface area contributed by atoms with Gasteiger partial charge in [-0.25, -0.2) is 0 Å². The lowest BCUT2D eigenvalue weighted by Gasteiger charge is -2.19. The van der Waals surface area contributed by atoms with Crippen molar-refractivity contribution in [3.05, 3.63) is 0 Å². The summed E-state index contributed by atoms with van der Waals surface area (Å²) in [6, 6.07) is 0. The molecule has 1 heterocycles. The van der Waals surface area contributed by atoms with E-state index in [1.165, 1.54) is 0 Å². The van der Waals surface area contributed by atoms with Crippen molar-refractivity contribution in [1.29, 1.82) is 0 Å². The van der Waals surface area contributed by atoms with E-state index in [1.54, 1.807) is 4.90 Å². The van der Waals surface area contributed by atoms with Crippen LogP contribution in [0, 0.1) is 17.8 Å². The van der Waals surface area contributed by atoms with Crippen LogP contribution in [0.25, 0.3) is 0 Å². The lowest BCUT2D eigenvalue weighted by Crippen LogP contribution is -2.38. The Labute approximate surface area is 121 Å². The van der Waals surface area contributed by atoms with Gasteiger partial charge in [-0.05, 0) is 18.3 Å². The second kappa shape index (κ2) is 7.62. The van der Waals surface area contributed by atoms with Gasteiger partial charge in [0.15, 0.2) is 0 Å². The van der Waals surface area contributed by atoms with E-state index in [1.807, 2.05) is 13.8 Å². The van der Waals surface area contributed by atoms with E-state index in [2.05, 4.69) is 19.2 Å². The van der Waals surface area contributed by atoms with E-state index in [4.69, 9.17) is 0 Å². The van der Waals surface area contributed by atoms with Crippen molar-refractivity contribution >= 4 is 11.8 Å². The smallest absolute Gasteiger partial charge is 0.225 e. The summed E-state index contributed by atoms with van der Waals surface area (Å²) in [4.78, 5) is 25.6. The summed E-state index contributed by atoms with van der Waals surface area (Å²) in [7, 11) is 0. The minimum atomic E-state index is -0.511. The number of carbonyl (C=O) groups excluding carboxylic acids is 2. The molecule has 2 atom stereocenters. The first-order valence-corrected chi connectivity index (χ1v) is 7.53. The average molecular weight is 284 g/mol. The van der Waals surface area contributed by atoms with Crippen LogP contribution in [0.2, 0.25) is 0 Å². The molecule has 2 amide bonds. The van der Waals surface area contributed by atoms with Gasteiger partial charge in [0.1, 0.15) is 0 Å². The SMILES string of the molecule is CC(C)CC(O)CNC(=O)C1CC(=O)N(CC(C)C)C1. The summed E-state index contributed by atoms with van der Waals surface area (Å²) >= 11 is 0. The number of hydrogen-bond acceptors (Lipinski definition) is 3. The van der Waals surface area contributed by atoms with E-state index in [0.717, 1.165) is 0 Å². The Kier molecular flexibility index (Phi) is 6.46. The van der Waals surface area contributed by atoms with Crippen molar-refractivity contribution < 1.29 is 14.7 Å². The highest BCUT2D eigenvalue weighted by Crippen LogP contribution is 2.19. The molecule has 0 saturated carbocycles. The molecule has 5 nitrogen and oxygen atoms in total. The predicted octanol–water partition coefficient (Wildman–Crippen LogP) is 1.01. The summed E-state index contributed by atoms with van der Waals surface area (Å²) in [5, 5.41) is 12.5. The molecule has 0 spiro atoms. The van der Waals surface area contributed by atoms with Gasteiger partial charge in [-0.1, -0.05) is 27.7 Å². The molecule has 1 saturated heterocycles. The van der Waals surface area contributed by atoms with Crippen molar-refractivity contribution in [2.45, 2.75) is 46.6 Å². The molecule has 1 aliphatic heterocycles. The van der Waals surface area contributed by atoms with Crippen molar-refractivity contribution in [3.8, 4) is 0 Å². The second-order valence-electron chi connectivity index (χ2n) is 6.62. The van der Waals surface area contributed by atoms with Crippen LogP contribution in [0.15, 0.2) is 0 Å². The molecule has 0 aromatic rings. The molecule has 20 heavy (non-hydrogen) atoms. The summed E-state index contributed by atoms with van der Waals surface area (Å²) in [6.07, 6.45) is 0.449. The minimum absolute atomic E-state index is 0.0570. The van der Waals surface area contributed by atoms with Crippen LogP contribution in [0.3, 0.4) is 0 Å². The highest BCUT2D eigenvalue weighted by atomic mass is 16.3. The van der Waals surface area contributed by atoms with Gasteiger partial charge >= 0.3 is 0 Å². The second-order valence-corrected chi connectivity index (χ2v) is 6.62. The Morgan fingerprint density at radius 1 is 1.35 bits per heavy atom. The largest absolute Gasteiger partial charge is 0.391 e. The quantitative estimate of drug-likeness (QED) is 0.733. The Bertz CT molecular complexity index is 342. The molecular weight excluding hydrogens is 256 g/mol. The summed E-state index contributed by atoms with van der Waals surface area (Å²) in [5.74, 6) is 0.478. The molecule has 2 N–H and O–H groups in total. The number of amides is 2. The van der Waals surface area contributed by atoms with Crippen LogP contribution in [-0.4, -0.2) is 47.6 Å². The van der Waals surface area contributed by atoms with Crippen LogP contribution in [0.5, 0.6) is 0 Å². The Hall–Kier alpha value is -1.10. The van der Waals surface area contributed by atoms with Crippen LogP contribution < -0.4 is 5.32 Å². The van der Waals surface area contributed by atoms with Crippen molar-refractivity contribution in [3.63, 3.8) is 0 Å². The Morgan fingerprint density at radius 3 is 2.55 bits per heavy atom. The van der Waals surface area contributed by atoms with Crippen LogP contribution in [0.4, 0.5) is 0 Å². The molecule has 5 heteroatoms. The van der Waals surface area contributed by atoms with Crippen molar-refractivity contribution in [2.24, 2.45) is 17.8 Å². The van der Waals surface area contributed by atoms with Crippen LogP contribution in [-0.2, 0) is 9.59 Å². The number of aliphatic hydroxyl groups excluding tert-OH is 1. The highest BCUT2D eigenvalue weighted by molar-refractivity contribution is 5.89. The minimum Gasteiger partial charge on any atom is -0.391 e. The van der Waals surface area contributed by atoms with Gasteiger partial charge in [0, 0.05) is 26.1 Å². The number of nitrogens with one attached hydrogen (secondary N) is 1. The molecule has 0 aliphatic carbocycles. The molecule has 1 rings (SSSR count). The van der Waals surface area contributed by atoms with Gasteiger partial charge < -0.3 is 15.3 Å². The highest BCUT2D eigenvalue weighted by Gasteiger charge is 2.34. The third-order valence-electron chi connectivity index (χ3n) is 3.43. The van der Waals surface area contributed by atoms with Crippen molar-refractivity contribution in [1.82, 2.24) is 10.2 Å². The topological polar surface area (TPSA) is 69.6 Å². The maximum Gasteiger partial charge on any atom is 0.225 e. The van der Waals surface area contributed by atoms with Gasteiger partial charge in [0.2, 0.25) is 11.8 Å². The maximum absolute atomic E-state index is 12.0. The van der Waals surface area contributed by atoms with E-state index in [0.29, 0.717) is 37.8 Å². The summed E-state index contributed by atoms with van der Waals surface area (Å²) in [5.41, 5.74) is 0. The fourth-order valence-corrected chi connectivity index (χ4v) is 2.56. The monoisotopic (exact) mass is 284 g/mol. The predicted molar refractivity (Wildman–Crippen MR) is 78.0 cm³/mol. The molecule has 0 bridgehead atoms. The number of nitrogens with zero attached hydrogens (tertiary/aromatic N) is 1. The molecule has 2 unspecified atom stereocenters. The third-order valence-corrected chi connectivity index (χ3v) is 3.43. The first-order valence-electron chi connectivity index (χ1n) is 7.53. The van der Waals surface area contributed by atoms with Gasteiger partial charge in [-0.3, -0.25) is 9.59 Å². The lowest BCUT2D eigenvalue weighted by molar-refractivity contribution is -0.129. The van der Waals surface area contributed by atoms with E-state index in [9.17, 15) is 14.7 Å². The first kappa shape index (κ1) is 17.0. The lowest BCUT2D eigenvalue weighted by atomic mass is 10.1. The van der Waals surface area contributed by atoms with Gasteiger partial charge in [0.05, 0.1) is 12.0 Å². The molecule has 0 aromatic heterocycles. The average Bonchev–Trinajstić information content (AvgIpc) is 2.66. The van der Waals surface area contributed by atoms with E-state index in [-0.39, 0.29) is 24.3 Å². The van der Waals surface area contributed by atoms with Gasteiger partial charge in [-0.15, -0.1) is 0 Å². The zero-order valence-corrected chi connectivity index (χ0v) is 13.1. The third kappa shape index (κ3) is 5.49. The van der Waals surface area contributed by atoms with Crippen LogP contribution in [0.1, 0.15) is 40.5 Å². The standard InChI is InChI=1S/C15H28N2O3/c1-10(2)5-13(18)7-16-15(20)12-6-14(19)17(9-12)8-11(3)4/h10-13,18H,5-9H2,1-4H3,(H,16,20). The fourth-order valence-electron chi connectivity index (χ4n) is 2.56. The Balaban J connectivity index is 2.36. The van der Waals surface area contributed by atoms with E-state index >= 15 is 0 Å². The van der Waals surface area contributed by atoms with Gasteiger partial charge in [-0.2, -0.15) is 0 Å². The van der Waals surface area contributed by atoms with E-state index < -0.39 is 6.10 Å². The number of aliphatic hydroxyl groups is 1. The molecule has 0 aromatic carbocycles. The number of likely N-dealkylation sites (tertiary alicyclic amines) is 1. The molecule has 1 aliphatic rings. The number of hydrogen-bond donors (Lipinski definition) is 2. The molecule has 1 fully saturated rings. The summed E-state index contributed by atoms with van der Waals surface area (Å²) in [6.45, 7) is 9.66. The zero-order valence-electron chi connectivity index (χ0n) is 13.1. The number of carbonyl (C=O) groups is 2. The molecule has 0 radical (unpaired) electrons. The van der Waals surface area contributed by atoms with Gasteiger partial charge in [0.25, 0.3) is 0 Å².